The second kappa shape index (κ2) is 9.48. The van der Waals surface area contributed by atoms with Crippen LogP contribution in [0.25, 0.3) is 10.8 Å². The predicted molar refractivity (Wildman–Crippen MR) is 129 cm³/mol. The molecule has 0 radical (unpaired) electrons. The van der Waals surface area contributed by atoms with Crippen molar-refractivity contribution in [1.29, 1.82) is 0 Å². The quantitative estimate of drug-likeness (QED) is 0.424. The van der Waals surface area contributed by atoms with Crippen molar-refractivity contribution in [3.8, 4) is 23.1 Å². The summed E-state index contributed by atoms with van der Waals surface area (Å²) in [5, 5.41) is 12.2. The number of aromatic hydroxyl groups is 1. The van der Waals surface area contributed by atoms with Gasteiger partial charge in [0.25, 0.3) is 5.56 Å². The molecule has 3 aromatic carbocycles. The predicted octanol–water partition coefficient (Wildman–Crippen LogP) is 4.53. The average molecular weight is 444 g/mol. The van der Waals surface area contributed by atoms with Crippen LogP contribution in [-0.4, -0.2) is 37.2 Å². The fraction of sp³-hybridized carbons (Fsp3) is 0.154. The van der Waals surface area contributed by atoms with Gasteiger partial charge in [-0.25, -0.2) is 0 Å². The first-order valence-electron chi connectivity index (χ1n) is 10.3. The van der Waals surface area contributed by atoms with Gasteiger partial charge in [0.05, 0.1) is 33.4 Å². The van der Waals surface area contributed by atoms with E-state index in [9.17, 15) is 9.90 Å². The molecule has 33 heavy (non-hydrogen) atoms. The molecule has 0 bridgehead atoms. The van der Waals surface area contributed by atoms with E-state index >= 15 is 0 Å². The highest BCUT2D eigenvalue weighted by molar-refractivity contribution is 6.02. The monoisotopic (exact) mass is 444 g/mol. The van der Waals surface area contributed by atoms with Gasteiger partial charge in [0, 0.05) is 23.1 Å². The van der Waals surface area contributed by atoms with Crippen LogP contribution < -0.4 is 19.8 Å². The van der Waals surface area contributed by atoms with Crippen molar-refractivity contribution in [3.05, 3.63) is 88.2 Å². The summed E-state index contributed by atoms with van der Waals surface area (Å²) in [5.41, 5.74) is 1.58. The molecule has 7 heteroatoms. The molecule has 1 aromatic heterocycles. The molecule has 0 aliphatic heterocycles. The van der Waals surface area contributed by atoms with Crippen LogP contribution >= 0.6 is 0 Å². The number of aromatic nitrogens is 1. The smallest absolute Gasteiger partial charge is 0.261 e. The van der Waals surface area contributed by atoms with Crippen molar-refractivity contribution in [2.75, 3.05) is 21.3 Å². The van der Waals surface area contributed by atoms with Crippen LogP contribution in [0.3, 0.4) is 0 Å². The molecule has 0 aliphatic carbocycles. The van der Waals surface area contributed by atoms with Gasteiger partial charge in [-0.05, 0) is 35.9 Å². The number of aliphatic imine (C=N–C) groups is 1. The maximum absolute atomic E-state index is 13.2. The number of benzene rings is 3. The highest BCUT2D eigenvalue weighted by atomic mass is 16.5. The largest absolute Gasteiger partial charge is 0.497 e. The second-order valence-electron chi connectivity index (χ2n) is 7.32. The molecular formula is C26H24N2O5. The van der Waals surface area contributed by atoms with Crippen molar-refractivity contribution < 1.29 is 19.3 Å². The van der Waals surface area contributed by atoms with E-state index in [0.29, 0.717) is 33.5 Å². The highest BCUT2D eigenvalue weighted by Crippen LogP contribution is 2.32. The van der Waals surface area contributed by atoms with Gasteiger partial charge in [0.2, 0.25) is 5.88 Å². The number of fused-ring (bicyclic) bond motifs is 1. The number of ether oxygens (including phenoxy) is 3. The third kappa shape index (κ3) is 4.39. The maximum atomic E-state index is 13.2. The van der Waals surface area contributed by atoms with Crippen LogP contribution in [0.4, 0.5) is 5.69 Å². The molecule has 0 saturated heterocycles. The molecule has 0 saturated carbocycles. The van der Waals surface area contributed by atoms with Crippen molar-refractivity contribution in [1.82, 2.24) is 4.57 Å². The lowest BCUT2D eigenvalue weighted by molar-refractivity contribution is 0.395. The van der Waals surface area contributed by atoms with E-state index in [-0.39, 0.29) is 18.0 Å². The first-order valence-corrected chi connectivity index (χ1v) is 10.3. The van der Waals surface area contributed by atoms with Crippen molar-refractivity contribution >= 4 is 22.7 Å². The minimum atomic E-state index is -0.280. The average Bonchev–Trinajstić information content (AvgIpc) is 2.86. The lowest BCUT2D eigenvalue weighted by Gasteiger charge is -2.14. The Hall–Kier alpha value is -4.26. The van der Waals surface area contributed by atoms with E-state index in [2.05, 4.69) is 4.99 Å². The van der Waals surface area contributed by atoms with Gasteiger partial charge in [0.1, 0.15) is 22.9 Å². The second-order valence-corrected chi connectivity index (χ2v) is 7.32. The zero-order valence-electron chi connectivity index (χ0n) is 18.6. The van der Waals surface area contributed by atoms with Crippen LogP contribution in [0.5, 0.6) is 23.1 Å². The number of pyridine rings is 1. The number of rotatable bonds is 7. The van der Waals surface area contributed by atoms with Gasteiger partial charge < -0.3 is 19.3 Å². The lowest BCUT2D eigenvalue weighted by atomic mass is 10.1. The molecule has 0 amide bonds. The molecule has 0 atom stereocenters. The van der Waals surface area contributed by atoms with E-state index < -0.39 is 0 Å². The van der Waals surface area contributed by atoms with Crippen molar-refractivity contribution in [2.45, 2.75) is 6.54 Å². The Morgan fingerprint density at radius 3 is 2.21 bits per heavy atom. The van der Waals surface area contributed by atoms with Gasteiger partial charge in [-0.15, -0.1) is 0 Å². The summed E-state index contributed by atoms with van der Waals surface area (Å²) in [5.74, 6) is 1.73. The zero-order valence-corrected chi connectivity index (χ0v) is 18.6. The van der Waals surface area contributed by atoms with Gasteiger partial charge in [-0.2, -0.15) is 0 Å². The molecule has 1 N–H and O–H groups in total. The van der Waals surface area contributed by atoms with E-state index in [4.69, 9.17) is 14.2 Å². The summed E-state index contributed by atoms with van der Waals surface area (Å²) in [7, 11) is 4.72. The summed E-state index contributed by atoms with van der Waals surface area (Å²) in [6.45, 7) is 0.201. The Labute approximate surface area is 191 Å². The third-order valence-electron chi connectivity index (χ3n) is 5.41. The number of hydrogen-bond donors (Lipinski definition) is 1. The summed E-state index contributed by atoms with van der Waals surface area (Å²) in [6, 6.07) is 19.8. The molecule has 0 aliphatic rings. The van der Waals surface area contributed by atoms with Crippen LogP contribution in [0, 0.1) is 0 Å². The fourth-order valence-corrected chi connectivity index (χ4v) is 3.63. The van der Waals surface area contributed by atoms with E-state index in [0.717, 1.165) is 11.3 Å². The van der Waals surface area contributed by atoms with Crippen molar-refractivity contribution in [3.63, 3.8) is 0 Å². The molecule has 1 heterocycles. The van der Waals surface area contributed by atoms with Gasteiger partial charge in [-0.3, -0.25) is 14.4 Å². The SMILES string of the molecule is COc1ccc(Cn2c(O)c(C=Nc3ccc(OC)cc3OC)c3ccccc3c2=O)cc1. The molecule has 0 unspecified atom stereocenters. The molecule has 168 valence electrons. The van der Waals surface area contributed by atoms with Crippen LogP contribution in [0.1, 0.15) is 11.1 Å². The number of hydrogen-bond acceptors (Lipinski definition) is 6. The Balaban J connectivity index is 1.82. The van der Waals surface area contributed by atoms with E-state index in [1.807, 2.05) is 30.3 Å². The Morgan fingerprint density at radius 1 is 0.879 bits per heavy atom. The van der Waals surface area contributed by atoms with Crippen LogP contribution in [0.2, 0.25) is 0 Å². The summed E-state index contributed by atoms with van der Waals surface area (Å²) < 4.78 is 17.2. The Kier molecular flexibility index (Phi) is 6.31. The highest BCUT2D eigenvalue weighted by Gasteiger charge is 2.15. The van der Waals surface area contributed by atoms with Crippen LogP contribution in [-0.2, 0) is 6.54 Å². The fourth-order valence-electron chi connectivity index (χ4n) is 3.63. The van der Waals surface area contributed by atoms with Crippen LogP contribution in [0.15, 0.2) is 76.5 Å². The van der Waals surface area contributed by atoms with E-state index in [1.54, 1.807) is 63.9 Å². The first-order chi connectivity index (χ1) is 16.0. The first kappa shape index (κ1) is 22.0. The number of methoxy groups -OCH3 is 3. The Bertz CT molecular complexity index is 1370. The summed E-state index contributed by atoms with van der Waals surface area (Å²) in [6.07, 6.45) is 1.55. The minimum Gasteiger partial charge on any atom is -0.497 e. The number of nitrogens with zero attached hydrogens (tertiary/aromatic N) is 2. The molecule has 4 rings (SSSR count). The standard InChI is InChI=1S/C26H24N2O5/c1-31-18-10-8-17(9-11-18)16-28-25(29)21-7-5-4-6-20(21)22(26(28)30)15-27-23-13-12-19(32-2)14-24(23)33-3/h4-15,30H,16H2,1-3H3. The summed E-state index contributed by atoms with van der Waals surface area (Å²) in [4.78, 5) is 17.7. The van der Waals surface area contributed by atoms with Gasteiger partial charge in [-0.1, -0.05) is 30.3 Å². The molecule has 4 aromatic rings. The van der Waals surface area contributed by atoms with Crippen molar-refractivity contribution in [2.24, 2.45) is 4.99 Å². The van der Waals surface area contributed by atoms with Gasteiger partial charge >= 0.3 is 0 Å². The Morgan fingerprint density at radius 2 is 1.55 bits per heavy atom. The van der Waals surface area contributed by atoms with Gasteiger partial charge in [0.15, 0.2) is 0 Å². The topological polar surface area (TPSA) is 82.3 Å². The zero-order chi connectivity index (χ0) is 23.4. The molecule has 0 fully saturated rings. The summed E-state index contributed by atoms with van der Waals surface area (Å²) >= 11 is 0. The minimum absolute atomic E-state index is 0.161. The van der Waals surface area contributed by atoms with E-state index in [1.165, 1.54) is 4.57 Å². The molecule has 0 spiro atoms. The molecule has 7 nitrogen and oxygen atoms in total. The normalized spacial score (nSPS) is 11.1. The molecular weight excluding hydrogens is 420 g/mol. The third-order valence-corrected chi connectivity index (χ3v) is 5.41. The maximum Gasteiger partial charge on any atom is 0.261 e. The lowest BCUT2D eigenvalue weighted by Crippen LogP contribution is -2.22.